The van der Waals surface area contributed by atoms with E-state index in [2.05, 4.69) is 27.2 Å². The first-order valence-corrected chi connectivity index (χ1v) is 16.2. The standard InChI is InChI=1S/C37H47N3O3/c1-43-35-21-19-29(20-22-35)23-25-39-24-11-18-33(39)28-40(37(42)32-16-9-4-10-17-32)34(26-30-12-5-2-6-13-30)27-38-36(41)31-14-7-3-8-15-31/h3-4,7-10,14-17,19-22,30,33-34H,2,5-6,11-13,18,23-28H2,1H3,(H,38,41)/t33-,34+/m0/s1. The van der Waals surface area contributed by atoms with Gasteiger partial charge in [-0.05, 0) is 80.1 Å². The van der Waals surface area contributed by atoms with Crippen LogP contribution in [-0.2, 0) is 6.42 Å². The lowest BCUT2D eigenvalue weighted by atomic mass is 9.84. The molecule has 0 radical (unpaired) electrons. The van der Waals surface area contributed by atoms with E-state index < -0.39 is 0 Å². The lowest BCUT2D eigenvalue weighted by molar-refractivity contribution is 0.0558. The number of hydrogen-bond acceptors (Lipinski definition) is 4. The summed E-state index contributed by atoms with van der Waals surface area (Å²) in [5, 5.41) is 3.21. The van der Waals surface area contributed by atoms with Gasteiger partial charge in [0, 0.05) is 42.8 Å². The second-order valence-corrected chi connectivity index (χ2v) is 12.2. The second-order valence-electron chi connectivity index (χ2n) is 12.2. The summed E-state index contributed by atoms with van der Waals surface area (Å²) in [5.74, 6) is 1.44. The van der Waals surface area contributed by atoms with E-state index in [-0.39, 0.29) is 17.9 Å². The molecular formula is C37H47N3O3. The van der Waals surface area contributed by atoms with Crippen molar-refractivity contribution >= 4 is 11.8 Å². The molecule has 228 valence electrons. The van der Waals surface area contributed by atoms with Crippen LogP contribution in [0.2, 0.25) is 0 Å². The van der Waals surface area contributed by atoms with E-state index in [1.807, 2.05) is 72.8 Å². The minimum Gasteiger partial charge on any atom is -0.497 e. The zero-order valence-electron chi connectivity index (χ0n) is 25.6. The van der Waals surface area contributed by atoms with E-state index in [0.717, 1.165) is 44.5 Å². The quantitative estimate of drug-likeness (QED) is 0.247. The van der Waals surface area contributed by atoms with Crippen molar-refractivity contribution in [3.8, 4) is 5.75 Å². The van der Waals surface area contributed by atoms with Crippen molar-refractivity contribution in [3.05, 3.63) is 102 Å². The number of rotatable bonds is 13. The third kappa shape index (κ3) is 8.70. The zero-order chi connectivity index (χ0) is 29.9. The highest BCUT2D eigenvalue weighted by molar-refractivity contribution is 5.95. The predicted octanol–water partition coefficient (Wildman–Crippen LogP) is 6.61. The molecular weight excluding hydrogens is 534 g/mol. The molecule has 1 saturated carbocycles. The van der Waals surface area contributed by atoms with E-state index in [0.29, 0.717) is 36.2 Å². The molecule has 1 aliphatic heterocycles. The van der Waals surface area contributed by atoms with Crippen LogP contribution in [0, 0.1) is 5.92 Å². The largest absolute Gasteiger partial charge is 0.497 e. The molecule has 1 N–H and O–H groups in total. The molecule has 0 unspecified atom stereocenters. The number of carbonyl (C=O) groups excluding carboxylic acids is 2. The van der Waals surface area contributed by atoms with E-state index in [1.54, 1.807) is 7.11 Å². The molecule has 1 aliphatic carbocycles. The monoisotopic (exact) mass is 581 g/mol. The van der Waals surface area contributed by atoms with Crippen LogP contribution in [0.3, 0.4) is 0 Å². The highest BCUT2D eigenvalue weighted by atomic mass is 16.5. The first-order valence-electron chi connectivity index (χ1n) is 16.2. The molecule has 2 atom stereocenters. The number of amides is 2. The summed E-state index contributed by atoms with van der Waals surface area (Å²) in [7, 11) is 1.70. The van der Waals surface area contributed by atoms with Crippen LogP contribution < -0.4 is 10.1 Å². The molecule has 3 aromatic carbocycles. The third-order valence-corrected chi connectivity index (χ3v) is 9.34. The molecule has 2 aliphatic rings. The fraction of sp³-hybridized carbons (Fsp3) is 0.459. The van der Waals surface area contributed by atoms with Gasteiger partial charge in [0.2, 0.25) is 0 Å². The van der Waals surface area contributed by atoms with Gasteiger partial charge < -0.3 is 15.0 Å². The van der Waals surface area contributed by atoms with Crippen LogP contribution in [0.5, 0.6) is 5.75 Å². The van der Waals surface area contributed by atoms with Crippen molar-refractivity contribution in [3.63, 3.8) is 0 Å². The fourth-order valence-electron chi connectivity index (χ4n) is 6.86. The lowest BCUT2D eigenvalue weighted by Crippen LogP contribution is -2.52. The summed E-state index contributed by atoms with van der Waals surface area (Å²) in [5.41, 5.74) is 2.66. The predicted molar refractivity (Wildman–Crippen MR) is 173 cm³/mol. The van der Waals surface area contributed by atoms with Gasteiger partial charge in [0.25, 0.3) is 11.8 Å². The number of nitrogens with one attached hydrogen (secondary N) is 1. The van der Waals surface area contributed by atoms with Crippen molar-refractivity contribution in [2.75, 3.05) is 33.3 Å². The van der Waals surface area contributed by atoms with Crippen molar-refractivity contribution in [1.29, 1.82) is 0 Å². The number of hydrogen-bond donors (Lipinski definition) is 1. The summed E-state index contributed by atoms with van der Waals surface area (Å²) in [4.78, 5) is 32.1. The van der Waals surface area contributed by atoms with Crippen LogP contribution in [0.1, 0.15) is 77.6 Å². The Morgan fingerprint density at radius 1 is 0.860 bits per heavy atom. The number of likely N-dealkylation sites (tertiary alicyclic amines) is 1. The van der Waals surface area contributed by atoms with Gasteiger partial charge >= 0.3 is 0 Å². The highest BCUT2D eigenvalue weighted by Crippen LogP contribution is 2.30. The molecule has 0 aromatic heterocycles. The molecule has 1 saturated heterocycles. The third-order valence-electron chi connectivity index (χ3n) is 9.34. The fourth-order valence-corrected chi connectivity index (χ4v) is 6.86. The van der Waals surface area contributed by atoms with E-state index >= 15 is 0 Å². The Morgan fingerprint density at radius 3 is 2.21 bits per heavy atom. The SMILES string of the molecule is COc1ccc(CCN2CCC[C@H]2CN(C(=O)c2ccccc2)[C@@H](CNC(=O)c2ccccc2)CC2CCCCC2)cc1. The minimum absolute atomic E-state index is 0.0625. The molecule has 0 spiro atoms. The summed E-state index contributed by atoms with van der Waals surface area (Å²) in [6, 6.07) is 27.6. The van der Waals surface area contributed by atoms with Gasteiger partial charge in [-0.1, -0.05) is 80.6 Å². The van der Waals surface area contributed by atoms with Gasteiger partial charge in [-0.25, -0.2) is 0 Å². The van der Waals surface area contributed by atoms with Gasteiger partial charge in [-0.3, -0.25) is 14.5 Å². The molecule has 6 nitrogen and oxygen atoms in total. The molecule has 2 amide bonds. The number of methoxy groups -OCH3 is 1. The van der Waals surface area contributed by atoms with Crippen molar-refractivity contribution in [2.24, 2.45) is 5.92 Å². The molecule has 2 fully saturated rings. The van der Waals surface area contributed by atoms with Gasteiger partial charge in [-0.15, -0.1) is 0 Å². The summed E-state index contributed by atoms with van der Waals surface area (Å²) >= 11 is 0. The Bertz CT molecular complexity index is 1280. The average molecular weight is 582 g/mol. The number of carbonyl (C=O) groups is 2. The Morgan fingerprint density at radius 2 is 1.53 bits per heavy atom. The average Bonchev–Trinajstić information content (AvgIpc) is 3.52. The maximum Gasteiger partial charge on any atom is 0.254 e. The summed E-state index contributed by atoms with van der Waals surface area (Å²) in [6.45, 7) is 3.14. The smallest absolute Gasteiger partial charge is 0.254 e. The maximum absolute atomic E-state index is 14.3. The summed E-state index contributed by atoms with van der Waals surface area (Å²) < 4.78 is 5.33. The van der Waals surface area contributed by atoms with Crippen LogP contribution >= 0.6 is 0 Å². The number of ether oxygens (including phenoxy) is 1. The maximum atomic E-state index is 14.3. The zero-order valence-corrected chi connectivity index (χ0v) is 25.6. The normalized spacial score (nSPS) is 18.2. The molecule has 6 heteroatoms. The van der Waals surface area contributed by atoms with Gasteiger partial charge in [0.1, 0.15) is 5.75 Å². The molecule has 1 heterocycles. The topological polar surface area (TPSA) is 61.9 Å². The molecule has 5 rings (SSSR count). The van der Waals surface area contributed by atoms with Crippen LogP contribution in [0.25, 0.3) is 0 Å². The van der Waals surface area contributed by atoms with E-state index in [9.17, 15) is 9.59 Å². The van der Waals surface area contributed by atoms with Crippen LogP contribution in [0.15, 0.2) is 84.9 Å². The van der Waals surface area contributed by atoms with Crippen LogP contribution in [0.4, 0.5) is 0 Å². The van der Waals surface area contributed by atoms with Gasteiger partial charge in [-0.2, -0.15) is 0 Å². The van der Waals surface area contributed by atoms with Crippen molar-refractivity contribution < 1.29 is 14.3 Å². The van der Waals surface area contributed by atoms with Gasteiger partial charge in [0.05, 0.1) is 7.11 Å². The molecule has 43 heavy (non-hydrogen) atoms. The van der Waals surface area contributed by atoms with E-state index in [4.69, 9.17) is 4.74 Å². The summed E-state index contributed by atoms with van der Waals surface area (Å²) in [6.07, 6.45) is 10.3. The van der Waals surface area contributed by atoms with Crippen molar-refractivity contribution in [2.45, 2.75) is 69.9 Å². The highest BCUT2D eigenvalue weighted by Gasteiger charge is 2.33. The molecule has 0 bridgehead atoms. The van der Waals surface area contributed by atoms with Crippen molar-refractivity contribution in [1.82, 2.24) is 15.1 Å². The molecule has 3 aromatic rings. The first kappa shape index (κ1) is 30.8. The first-order chi connectivity index (χ1) is 21.1. The Balaban J connectivity index is 1.35. The lowest BCUT2D eigenvalue weighted by Gasteiger charge is -2.38. The Hall–Kier alpha value is -3.64. The second kappa shape index (κ2) is 15.7. The van der Waals surface area contributed by atoms with Gasteiger partial charge in [0.15, 0.2) is 0 Å². The van der Waals surface area contributed by atoms with Crippen LogP contribution in [-0.4, -0.2) is 67.0 Å². The Kier molecular flexibility index (Phi) is 11.3. The Labute approximate surface area is 257 Å². The number of benzene rings is 3. The van der Waals surface area contributed by atoms with E-state index in [1.165, 1.54) is 37.7 Å². The minimum atomic E-state index is -0.0802. The number of nitrogens with zero attached hydrogens (tertiary/aromatic N) is 2.